The number of hydrogen-bond donors (Lipinski definition) is 1. The van der Waals surface area contributed by atoms with Crippen LogP contribution in [0.15, 0.2) is 52.9 Å². The molecule has 1 heterocycles. The number of nitrogens with one attached hydrogen (secondary N) is 1. The Kier molecular flexibility index (Phi) is 5.22. The first-order valence-corrected chi connectivity index (χ1v) is 9.87. The molecule has 0 saturated carbocycles. The van der Waals surface area contributed by atoms with Gasteiger partial charge in [0.1, 0.15) is 11.3 Å². The molecule has 4 rings (SSSR count). The van der Waals surface area contributed by atoms with Gasteiger partial charge in [0.25, 0.3) is 5.91 Å². The van der Waals surface area contributed by atoms with Crippen LogP contribution < -0.4 is 10.1 Å². The maximum atomic E-state index is 12.7. The number of aromatic nitrogens is 1. The van der Waals surface area contributed by atoms with E-state index in [0.29, 0.717) is 27.9 Å². The molecular weight excluding hydrogens is 400 g/mol. The molecule has 0 atom stereocenters. The molecule has 0 saturated heterocycles. The lowest BCUT2D eigenvalue weighted by atomic mass is 10.1. The van der Waals surface area contributed by atoms with Crippen LogP contribution in [-0.2, 0) is 0 Å². The smallest absolute Gasteiger partial charge is 0.255 e. The number of nitrogens with zero attached hydrogens (tertiary/aromatic N) is 1. The molecule has 5 nitrogen and oxygen atoms in total. The van der Waals surface area contributed by atoms with Crippen LogP contribution in [0.2, 0.25) is 5.02 Å². The van der Waals surface area contributed by atoms with Gasteiger partial charge in [-0.25, -0.2) is 4.98 Å². The lowest BCUT2D eigenvalue weighted by molar-refractivity contribution is 0.102. The first kappa shape index (κ1) is 20.0. The highest BCUT2D eigenvalue weighted by Gasteiger charge is 2.15. The van der Waals surface area contributed by atoms with Gasteiger partial charge in [-0.15, -0.1) is 0 Å². The number of carbonyl (C=O) groups excluding carboxylic acids is 1. The predicted octanol–water partition coefficient (Wildman–Crippen LogP) is 6.33. The van der Waals surface area contributed by atoms with Crippen LogP contribution in [0.3, 0.4) is 0 Å². The number of amides is 1. The molecule has 0 fully saturated rings. The number of oxazole rings is 1. The first-order chi connectivity index (χ1) is 14.4. The van der Waals surface area contributed by atoms with Crippen molar-refractivity contribution in [1.29, 1.82) is 0 Å². The van der Waals surface area contributed by atoms with Crippen LogP contribution >= 0.6 is 11.6 Å². The Labute approximate surface area is 179 Å². The Morgan fingerprint density at radius 1 is 1.00 bits per heavy atom. The van der Waals surface area contributed by atoms with Crippen molar-refractivity contribution in [3.05, 3.63) is 75.8 Å². The molecule has 0 aliphatic carbocycles. The third-order valence-electron chi connectivity index (χ3n) is 5.13. The van der Waals surface area contributed by atoms with Crippen LogP contribution in [0.5, 0.6) is 5.75 Å². The number of anilines is 1. The summed E-state index contributed by atoms with van der Waals surface area (Å²) >= 11 is 6.16. The van der Waals surface area contributed by atoms with Crippen LogP contribution in [-0.4, -0.2) is 18.0 Å². The Balaban J connectivity index is 1.70. The summed E-state index contributed by atoms with van der Waals surface area (Å²) in [6.45, 7) is 5.97. The summed E-state index contributed by atoms with van der Waals surface area (Å²) < 4.78 is 11.4. The number of methoxy groups -OCH3 is 1. The van der Waals surface area contributed by atoms with Gasteiger partial charge < -0.3 is 14.5 Å². The zero-order valence-electron chi connectivity index (χ0n) is 17.2. The molecule has 0 radical (unpaired) electrons. The number of rotatable bonds is 4. The number of halogens is 1. The van der Waals surface area contributed by atoms with E-state index in [9.17, 15) is 4.79 Å². The summed E-state index contributed by atoms with van der Waals surface area (Å²) in [7, 11) is 1.55. The van der Waals surface area contributed by atoms with E-state index in [-0.39, 0.29) is 5.91 Å². The number of ether oxygens (including phenoxy) is 1. The Morgan fingerprint density at radius 2 is 1.77 bits per heavy atom. The van der Waals surface area contributed by atoms with Crippen LogP contribution in [0.25, 0.3) is 22.6 Å². The molecule has 30 heavy (non-hydrogen) atoms. The molecule has 0 unspecified atom stereocenters. The molecular formula is C24H21ClN2O3. The van der Waals surface area contributed by atoms with Gasteiger partial charge in [0.15, 0.2) is 5.58 Å². The quantitative estimate of drug-likeness (QED) is 0.418. The normalized spacial score (nSPS) is 11.0. The summed E-state index contributed by atoms with van der Waals surface area (Å²) in [5.74, 6) is 0.732. The van der Waals surface area contributed by atoms with Crippen molar-refractivity contribution < 1.29 is 13.9 Å². The summed E-state index contributed by atoms with van der Waals surface area (Å²) in [5, 5.41) is 3.44. The molecule has 4 aromatic rings. The fourth-order valence-corrected chi connectivity index (χ4v) is 3.35. The Hall–Kier alpha value is -3.31. The van der Waals surface area contributed by atoms with E-state index in [1.807, 2.05) is 45.0 Å². The molecule has 1 aromatic heterocycles. The maximum Gasteiger partial charge on any atom is 0.255 e. The fourth-order valence-electron chi connectivity index (χ4n) is 3.17. The zero-order chi connectivity index (χ0) is 21.4. The van der Waals surface area contributed by atoms with Gasteiger partial charge in [-0.1, -0.05) is 17.7 Å². The highest BCUT2D eigenvalue weighted by molar-refractivity contribution is 6.31. The number of aryl methyl sites for hydroxylation is 3. The van der Waals surface area contributed by atoms with E-state index in [1.54, 1.807) is 31.4 Å². The molecule has 0 aliphatic heterocycles. The molecule has 0 spiro atoms. The largest absolute Gasteiger partial charge is 0.495 e. The Morgan fingerprint density at radius 3 is 2.50 bits per heavy atom. The van der Waals surface area contributed by atoms with Crippen LogP contribution in [0.1, 0.15) is 27.0 Å². The second-order valence-corrected chi connectivity index (χ2v) is 7.66. The number of hydrogen-bond acceptors (Lipinski definition) is 4. The second kappa shape index (κ2) is 7.84. The molecule has 0 bridgehead atoms. The number of benzene rings is 3. The van der Waals surface area contributed by atoms with Crippen molar-refractivity contribution in [3.63, 3.8) is 0 Å². The monoisotopic (exact) mass is 420 g/mol. The topological polar surface area (TPSA) is 64.4 Å². The number of fused-ring (bicyclic) bond motifs is 1. The first-order valence-electron chi connectivity index (χ1n) is 9.49. The predicted molar refractivity (Wildman–Crippen MR) is 120 cm³/mol. The van der Waals surface area contributed by atoms with Crippen molar-refractivity contribution in [3.8, 4) is 17.2 Å². The van der Waals surface area contributed by atoms with Crippen molar-refractivity contribution in [2.45, 2.75) is 20.8 Å². The second-order valence-electron chi connectivity index (χ2n) is 7.26. The molecule has 1 amide bonds. The summed E-state index contributed by atoms with van der Waals surface area (Å²) in [6.07, 6.45) is 0. The van der Waals surface area contributed by atoms with E-state index < -0.39 is 0 Å². The average molecular weight is 421 g/mol. The van der Waals surface area contributed by atoms with Crippen molar-refractivity contribution in [2.75, 3.05) is 12.4 Å². The van der Waals surface area contributed by atoms with Crippen LogP contribution in [0.4, 0.5) is 5.69 Å². The lowest BCUT2D eigenvalue weighted by Crippen LogP contribution is -2.12. The SMILES string of the molecule is COc1ccc(-c2nc3cc(C)c(C)cc3o2)cc1NC(=O)c1ccc(C)c(Cl)c1. The van der Waals surface area contributed by atoms with Crippen molar-refractivity contribution >= 4 is 34.3 Å². The van der Waals surface area contributed by atoms with Gasteiger partial charge in [0.05, 0.1) is 12.8 Å². The van der Waals surface area contributed by atoms with Gasteiger partial charge in [0.2, 0.25) is 5.89 Å². The average Bonchev–Trinajstić information content (AvgIpc) is 3.13. The molecule has 152 valence electrons. The van der Waals surface area contributed by atoms with Gasteiger partial charge in [-0.05, 0) is 79.9 Å². The third kappa shape index (κ3) is 3.76. The van der Waals surface area contributed by atoms with E-state index in [1.165, 1.54) is 0 Å². The van der Waals surface area contributed by atoms with Gasteiger partial charge in [-0.3, -0.25) is 4.79 Å². The molecule has 0 aliphatic rings. The minimum absolute atomic E-state index is 0.281. The van der Waals surface area contributed by atoms with Crippen LogP contribution in [0, 0.1) is 20.8 Å². The van der Waals surface area contributed by atoms with Gasteiger partial charge in [-0.2, -0.15) is 0 Å². The molecule has 1 N–H and O–H groups in total. The number of carbonyl (C=O) groups is 1. The molecule has 3 aromatic carbocycles. The van der Waals surface area contributed by atoms with Crippen molar-refractivity contribution in [1.82, 2.24) is 4.98 Å². The standard InChI is InChI=1S/C24H21ClN2O3/c1-13-5-6-16(11-18(13)25)23(28)26-20-12-17(7-8-21(20)29-4)24-27-19-9-14(2)15(3)10-22(19)30-24/h5-12H,1-4H3,(H,26,28). The zero-order valence-corrected chi connectivity index (χ0v) is 17.9. The summed E-state index contributed by atoms with van der Waals surface area (Å²) in [5.41, 5.74) is 6.45. The lowest BCUT2D eigenvalue weighted by Gasteiger charge is -2.12. The summed E-state index contributed by atoms with van der Waals surface area (Å²) in [4.78, 5) is 17.3. The van der Waals surface area contributed by atoms with Gasteiger partial charge >= 0.3 is 0 Å². The Bertz CT molecular complexity index is 1240. The summed E-state index contributed by atoms with van der Waals surface area (Å²) in [6, 6.07) is 14.6. The van der Waals surface area contributed by atoms with Crippen molar-refractivity contribution in [2.24, 2.45) is 0 Å². The highest BCUT2D eigenvalue weighted by atomic mass is 35.5. The third-order valence-corrected chi connectivity index (χ3v) is 5.54. The minimum atomic E-state index is -0.281. The van der Waals surface area contributed by atoms with Gasteiger partial charge in [0, 0.05) is 16.1 Å². The van der Waals surface area contributed by atoms with E-state index in [0.717, 1.165) is 33.4 Å². The minimum Gasteiger partial charge on any atom is -0.495 e. The van der Waals surface area contributed by atoms with E-state index in [2.05, 4.69) is 10.3 Å². The van der Waals surface area contributed by atoms with E-state index in [4.69, 9.17) is 20.8 Å². The highest BCUT2D eigenvalue weighted by Crippen LogP contribution is 2.33. The maximum absolute atomic E-state index is 12.7. The molecule has 6 heteroatoms. The van der Waals surface area contributed by atoms with E-state index >= 15 is 0 Å². The fraction of sp³-hybridized carbons (Fsp3) is 0.167.